The van der Waals surface area contributed by atoms with Gasteiger partial charge in [0.1, 0.15) is 0 Å². The smallest absolute Gasteiger partial charge is 0.335 e. The van der Waals surface area contributed by atoms with Gasteiger partial charge in [-0.15, -0.1) is 0 Å². The van der Waals surface area contributed by atoms with Crippen LogP contribution in [0, 0.1) is 0 Å². The Kier molecular flexibility index (Phi) is 4.53. The standard InChI is InChI=1S/C16H19NO2/c1-17-15(11-12-5-3-2-4-6-12)13-7-9-14(10-8-13)16(18)19/h2-3,5,7-10,15,17H,4,6,11H2,1H3,(H,18,19). The SMILES string of the molecule is CNC(CC1=CC=CCC1)c1ccc(C(=O)O)cc1. The molecule has 19 heavy (non-hydrogen) atoms. The number of carboxylic acid groups (broad SMARTS) is 1. The average molecular weight is 257 g/mol. The first-order chi connectivity index (χ1) is 9.20. The molecule has 0 aliphatic heterocycles. The predicted molar refractivity (Wildman–Crippen MR) is 76.3 cm³/mol. The minimum absolute atomic E-state index is 0.237. The number of aromatic carboxylic acids is 1. The van der Waals surface area contributed by atoms with Crippen LogP contribution < -0.4 is 5.32 Å². The molecule has 0 heterocycles. The van der Waals surface area contributed by atoms with Crippen LogP contribution >= 0.6 is 0 Å². The predicted octanol–water partition coefficient (Wildman–Crippen LogP) is 3.31. The molecule has 3 heteroatoms. The number of benzene rings is 1. The van der Waals surface area contributed by atoms with E-state index in [1.54, 1.807) is 12.1 Å². The van der Waals surface area contributed by atoms with Gasteiger partial charge in [0.25, 0.3) is 0 Å². The molecule has 1 aliphatic rings. The normalized spacial score (nSPS) is 15.9. The summed E-state index contributed by atoms with van der Waals surface area (Å²) in [5, 5.41) is 12.2. The Bertz CT molecular complexity index is 500. The lowest BCUT2D eigenvalue weighted by Crippen LogP contribution is -2.17. The summed E-state index contributed by atoms with van der Waals surface area (Å²) in [4.78, 5) is 10.8. The number of hydrogen-bond donors (Lipinski definition) is 2. The van der Waals surface area contributed by atoms with Gasteiger partial charge in [-0.3, -0.25) is 0 Å². The Hall–Kier alpha value is -1.87. The summed E-state index contributed by atoms with van der Waals surface area (Å²) < 4.78 is 0. The Morgan fingerprint density at radius 2 is 2.11 bits per heavy atom. The topological polar surface area (TPSA) is 49.3 Å². The zero-order chi connectivity index (χ0) is 13.7. The molecule has 100 valence electrons. The largest absolute Gasteiger partial charge is 0.478 e. The molecule has 1 aliphatic carbocycles. The Morgan fingerprint density at radius 1 is 1.37 bits per heavy atom. The highest BCUT2D eigenvalue weighted by Crippen LogP contribution is 2.25. The summed E-state index contributed by atoms with van der Waals surface area (Å²) in [6.45, 7) is 0. The van der Waals surface area contributed by atoms with Crippen LogP contribution in [0.25, 0.3) is 0 Å². The van der Waals surface area contributed by atoms with Crippen LogP contribution in [0.2, 0.25) is 0 Å². The average Bonchev–Trinajstić information content (AvgIpc) is 2.46. The lowest BCUT2D eigenvalue weighted by atomic mass is 9.93. The van der Waals surface area contributed by atoms with Crippen molar-refractivity contribution in [2.45, 2.75) is 25.3 Å². The maximum absolute atomic E-state index is 10.8. The van der Waals surface area contributed by atoms with Crippen molar-refractivity contribution in [1.82, 2.24) is 5.32 Å². The van der Waals surface area contributed by atoms with Crippen LogP contribution in [-0.4, -0.2) is 18.1 Å². The molecule has 0 bridgehead atoms. The summed E-state index contributed by atoms with van der Waals surface area (Å²) in [7, 11) is 1.94. The van der Waals surface area contributed by atoms with Crippen molar-refractivity contribution >= 4 is 5.97 Å². The molecule has 3 nitrogen and oxygen atoms in total. The lowest BCUT2D eigenvalue weighted by molar-refractivity contribution is 0.0697. The number of hydrogen-bond acceptors (Lipinski definition) is 2. The van der Waals surface area contributed by atoms with Crippen LogP contribution in [-0.2, 0) is 0 Å². The summed E-state index contributed by atoms with van der Waals surface area (Å²) in [5.74, 6) is -0.882. The second-order valence-electron chi connectivity index (χ2n) is 4.76. The van der Waals surface area contributed by atoms with Gasteiger partial charge in [-0.05, 0) is 44.0 Å². The molecule has 0 radical (unpaired) electrons. The van der Waals surface area contributed by atoms with E-state index in [9.17, 15) is 4.79 Å². The molecule has 0 spiro atoms. The third-order valence-corrected chi connectivity index (χ3v) is 3.47. The van der Waals surface area contributed by atoms with Crippen molar-refractivity contribution in [1.29, 1.82) is 0 Å². The van der Waals surface area contributed by atoms with E-state index in [0.717, 1.165) is 24.8 Å². The zero-order valence-electron chi connectivity index (χ0n) is 11.1. The van der Waals surface area contributed by atoms with E-state index in [1.165, 1.54) is 5.57 Å². The molecular formula is C16H19NO2. The van der Waals surface area contributed by atoms with E-state index in [0.29, 0.717) is 5.56 Å². The van der Waals surface area contributed by atoms with E-state index < -0.39 is 5.97 Å². The van der Waals surface area contributed by atoms with Crippen LogP contribution in [0.1, 0.15) is 41.2 Å². The minimum Gasteiger partial charge on any atom is -0.478 e. The first-order valence-corrected chi connectivity index (χ1v) is 6.56. The highest BCUT2D eigenvalue weighted by Gasteiger charge is 2.13. The van der Waals surface area contributed by atoms with E-state index in [4.69, 9.17) is 5.11 Å². The molecule has 2 N–H and O–H groups in total. The van der Waals surface area contributed by atoms with Gasteiger partial charge in [-0.1, -0.05) is 35.9 Å². The molecule has 0 fully saturated rings. The molecule has 1 aromatic rings. The number of rotatable bonds is 5. The van der Waals surface area contributed by atoms with Gasteiger partial charge in [0.2, 0.25) is 0 Å². The van der Waals surface area contributed by atoms with Gasteiger partial charge in [-0.25, -0.2) is 4.79 Å². The third-order valence-electron chi connectivity index (χ3n) is 3.47. The number of nitrogens with one attached hydrogen (secondary N) is 1. The minimum atomic E-state index is -0.882. The van der Waals surface area contributed by atoms with Crippen LogP contribution in [0.15, 0.2) is 48.1 Å². The van der Waals surface area contributed by atoms with Crippen molar-refractivity contribution < 1.29 is 9.90 Å². The Balaban J connectivity index is 2.10. The van der Waals surface area contributed by atoms with Crippen LogP contribution in [0.3, 0.4) is 0 Å². The summed E-state index contributed by atoms with van der Waals surface area (Å²) in [6.07, 6.45) is 9.66. The summed E-state index contributed by atoms with van der Waals surface area (Å²) in [5.41, 5.74) is 2.89. The number of allylic oxidation sites excluding steroid dienone is 3. The fourth-order valence-electron chi connectivity index (χ4n) is 2.33. The van der Waals surface area contributed by atoms with Crippen molar-refractivity contribution in [3.63, 3.8) is 0 Å². The van der Waals surface area contributed by atoms with E-state index >= 15 is 0 Å². The van der Waals surface area contributed by atoms with Crippen molar-refractivity contribution in [3.8, 4) is 0 Å². The molecule has 1 unspecified atom stereocenters. The Labute approximate surface area is 113 Å². The van der Waals surface area contributed by atoms with Gasteiger partial charge < -0.3 is 10.4 Å². The van der Waals surface area contributed by atoms with Gasteiger partial charge in [0.15, 0.2) is 0 Å². The first-order valence-electron chi connectivity index (χ1n) is 6.56. The monoisotopic (exact) mass is 257 g/mol. The highest BCUT2D eigenvalue weighted by molar-refractivity contribution is 5.87. The van der Waals surface area contributed by atoms with Gasteiger partial charge >= 0.3 is 5.97 Å². The van der Waals surface area contributed by atoms with Gasteiger partial charge in [0, 0.05) is 6.04 Å². The first kappa shape index (κ1) is 13.6. The molecule has 0 aromatic heterocycles. The van der Waals surface area contributed by atoms with E-state index in [2.05, 4.69) is 23.5 Å². The summed E-state index contributed by atoms with van der Waals surface area (Å²) in [6, 6.07) is 7.35. The third kappa shape index (κ3) is 3.55. The molecule has 0 saturated heterocycles. The van der Waals surface area contributed by atoms with Crippen LogP contribution in [0.5, 0.6) is 0 Å². The van der Waals surface area contributed by atoms with Gasteiger partial charge in [-0.2, -0.15) is 0 Å². The molecule has 0 saturated carbocycles. The molecule has 1 aromatic carbocycles. The zero-order valence-corrected chi connectivity index (χ0v) is 11.1. The fraction of sp³-hybridized carbons (Fsp3) is 0.312. The second kappa shape index (κ2) is 6.34. The second-order valence-corrected chi connectivity index (χ2v) is 4.76. The quantitative estimate of drug-likeness (QED) is 0.850. The fourth-order valence-corrected chi connectivity index (χ4v) is 2.33. The van der Waals surface area contributed by atoms with E-state index in [-0.39, 0.29) is 6.04 Å². The van der Waals surface area contributed by atoms with Crippen molar-refractivity contribution in [2.24, 2.45) is 0 Å². The molecule has 0 amide bonds. The van der Waals surface area contributed by atoms with Crippen molar-refractivity contribution in [3.05, 3.63) is 59.2 Å². The number of carbonyl (C=O) groups is 1. The molecule has 1 atom stereocenters. The van der Waals surface area contributed by atoms with Gasteiger partial charge in [0.05, 0.1) is 5.56 Å². The van der Waals surface area contributed by atoms with Crippen LogP contribution in [0.4, 0.5) is 0 Å². The lowest BCUT2D eigenvalue weighted by Gasteiger charge is -2.19. The Morgan fingerprint density at radius 3 is 2.63 bits per heavy atom. The van der Waals surface area contributed by atoms with Crippen molar-refractivity contribution in [2.75, 3.05) is 7.05 Å². The maximum atomic E-state index is 10.8. The summed E-state index contributed by atoms with van der Waals surface area (Å²) >= 11 is 0. The molecular weight excluding hydrogens is 238 g/mol. The molecule has 2 rings (SSSR count). The highest BCUT2D eigenvalue weighted by atomic mass is 16.4. The maximum Gasteiger partial charge on any atom is 0.335 e. The number of carboxylic acids is 1. The van der Waals surface area contributed by atoms with E-state index in [1.807, 2.05) is 19.2 Å².